The molecule has 36 heavy (non-hydrogen) atoms. The first-order chi connectivity index (χ1) is 17.6. The molecule has 0 saturated carbocycles. The smallest absolute Gasteiger partial charge is 0.159 e. The molecule has 1 unspecified atom stereocenters. The van der Waals surface area contributed by atoms with E-state index in [9.17, 15) is 4.39 Å². The van der Waals surface area contributed by atoms with Crippen molar-refractivity contribution in [1.29, 1.82) is 0 Å². The van der Waals surface area contributed by atoms with Gasteiger partial charge in [-0.05, 0) is 68.5 Å². The summed E-state index contributed by atoms with van der Waals surface area (Å²) in [5.74, 6) is 1.05. The molecule has 1 heterocycles. The number of hydrogen-bond donors (Lipinski definition) is 0. The summed E-state index contributed by atoms with van der Waals surface area (Å²) in [7, 11) is 0. The molecule has 1 aromatic heterocycles. The van der Waals surface area contributed by atoms with Crippen LogP contribution in [-0.4, -0.2) is 29.3 Å². The van der Waals surface area contributed by atoms with Crippen molar-refractivity contribution in [2.24, 2.45) is 0 Å². The first-order valence-corrected chi connectivity index (χ1v) is 12.8. The Morgan fingerprint density at radius 1 is 1.00 bits per heavy atom. The molecule has 0 aliphatic rings. The van der Waals surface area contributed by atoms with Crippen LogP contribution < -0.4 is 4.74 Å². The van der Waals surface area contributed by atoms with Gasteiger partial charge in [-0.25, -0.2) is 14.4 Å². The maximum absolute atomic E-state index is 14.8. The molecule has 0 radical (unpaired) electrons. The first kappa shape index (κ1) is 27.3. The quantitative estimate of drug-likeness (QED) is 0.159. The first-order valence-electron chi connectivity index (χ1n) is 12.8. The molecule has 0 amide bonds. The summed E-state index contributed by atoms with van der Waals surface area (Å²) < 4.78 is 26.2. The fourth-order valence-corrected chi connectivity index (χ4v) is 3.80. The zero-order valence-corrected chi connectivity index (χ0v) is 21.5. The number of nitrogens with zero attached hydrogens (tertiary/aromatic N) is 2. The van der Waals surface area contributed by atoms with E-state index in [0.717, 1.165) is 49.2 Å². The Balaban J connectivity index is 1.51. The van der Waals surface area contributed by atoms with Crippen LogP contribution in [0, 0.1) is 5.82 Å². The van der Waals surface area contributed by atoms with Crippen molar-refractivity contribution in [3.63, 3.8) is 0 Å². The number of aromatic nitrogens is 2. The molecule has 0 saturated heterocycles. The van der Waals surface area contributed by atoms with Crippen molar-refractivity contribution in [1.82, 2.24) is 9.97 Å². The van der Waals surface area contributed by atoms with Crippen molar-refractivity contribution < 1.29 is 13.9 Å². The number of allylic oxidation sites excluding steroid dienone is 1. The fourth-order valence-electron chi connectivity index (χ4n) is 3.80. The average molecular weight is 489 g/mol. The summed E-state index contributed by atoms with van der Waals surface area (Å²) in [5, 5.41) is 0. The van der Waals surface area contributed by atoms with Crippen molar-refractivity contribution in [3.05, 3.63) is 85.0 Å². The highest BCUT2D eigenvalue weighted by Crippen LogP contribution is 2.25. The molecule has 190 valence electrons. The number of unbranched alkanes of at least 4 members (excludes halogenated alkanes) is 3. The van der Waals surface area contributed by atoms with E-state index in [-0.39, 0.29) is 11.9 Å². The summed E-state index contributed by atoms with van der Waals surface area (Å²) in [4.78, 5) is 8.87. The SMILES string of the molecule is C=CCOc1ccc(-c2ncc(-c3ccc(C=CCCCC(C)OCCCCC)cc3F)cn2)cc1. The maximum atomic E-state index is 14.8. The van der Waals surface area contributed by atoms with Gasteiger partial charge in [0.2, 0.25) is 0 Å². The number of rotatable bonds is 15. The molecule has 0 aliphatic heterocycles. The van der Waals surface area contributed by atoms with Gasteiger partial charge in [-0.1, -0.05) is 56.7 Å². The predicted molar refractivity (Wildman–Crippen MR) is 146 cm³/mol. The molecule has 4 nitrogen and oxygen atoms in total. The van der Waals surface area contributed by atoms with Gasteiger partial charge in [0.25, 0.3) is 0 Å². The van der Waals surface area contributed by atoms with Crippen LogP contribution in [0.15, 0.2) is 73.6 Å². The third-order valence-electron chi connectivity index (χ3n) is 5.88. The molecule has 0 N–H and O–H groups in total. The van der Waals surface area contributed by atoms with Gasteiger partial charge in [-0.15, -0.1) is 0 Å². The summed E-state index contributed by atoms with van der Waals surface area (Å²) in [6.07, 6.45) is 16.0. The standard InChI is InChI=1S/C31H37FN2O2/c1-4-6-10-20-35-24(3)11-8-7-9-12-25-13-18-29(30(32)21-25)27-22-33-31(34-23-27)26-14-16-28(17-15-26)36-19-5-2/h5,9,12-18,21-24H,2,4,6-8,10-11,19-20H2,1,3H3. The van der Waals surface area contributed by atoms with Crippen molar-refractivity contribution in [2.45, 2.75) is 58.5 Å². The van der Waals surface area contributed by atoms with E-state index in [1.165, 1.54) is 12.8 Å². The molecule has 1 atom stereocenters. The molecule has 3 rings (SSSR count). The molecular formula is C31H37FN2O2. The summed E-state index contributed by atoms with van der Waals surface area (Å²) in [5.41, 5.74) is 2.84. The minimum atomic E-state index is -0.286. The van der Waals surface area contributed by atoms with Gasteiger partial charge in [-0.3, -0.25) is 0 Å². The van der Waals surface area contributed by atoms with Crippen LogP contribution >= 0.6 is 0 Å². The largest absolute Gasteiger partial charge is 0.490 e. The minimum Gasteiger partial charge on any atom is -0.490 e. The Morgan fingerprint density at radius 3 is 2.47 bits per heavy atom. The number of ether oxygens (including phenoxy) is 2. The molecule has 5 heteroatoms. The second-order valence-electron chi connectivity index (χ2n) is 8.88. The molecule has 0 bridgehead atoms. The minimum absolute atomic E-state index is 0.286. The molecule has 0 fully saturated rings. The van der Waals surface area contributed by atoms with Gasteiger partial charge >= 0.3 is 0 Å². The van der Waals surface area contributed by atoms with Crippen LogP contribution in [-0.2, 0) is 4.74 Å². The number of benzene rings is 2. The Kier molecular flexibility index (Phi) is 11.3. The van der Waals surface area contributed by atoms with Crippen LogP contribution in [0.3, 0.4) is 0 Å². The van der Waals surface area contributed by atoms with Crippen LogP contribution in [0.25, 0.3) is 28.6 Å². The van der Waals surface area contributed by atoms with Crippen LogP contribution in [0.5, 0.6) is 5.75 Å². The zero-order valence-electron chi connectivity index (χ0n) is 21.5. The van der Waals surface area contributed by atoms with E-state index >= 15 is 0 Å². The number of hydrogen-bond acceptors (Lipinski definition) is 4. The molecule has 0 aliphatic carbocycles. The van der Waals surface area contributed by atoms with Gasteiger partial charge in [-0.2, -0.15) is 0 Å². The molecule has 0 spiro atoms. The van der Waals surface area contributed by atoms with Gasteiger partial charge in [0.1, 0.15) is 18.2 Å². The van der Waals surface area contributed by atoms with E-state index in [1.807, 2.05) is 36.4 Å². The van der Waals surface area contributed by atoms with Gasteiger partial charge in [0.15, 0.2) is 5.82 Å². The highest BCUT2D eigenvalue weighted by molar-refractivity contribution is 5.66. The Hall–Kier alpha value is -3.31. The summed E-state index contributed by atoms with van der Waals surface area (Å²) in [6.45, 7) is 9.28. The third-order valence-corrected chi connectivity index (χ3v) is 5.88. The van der Waals surface area contributed by atoms with E-state index in [4.69, 9.17) is 9.47 Å². The predicted octanol–water partition coefficient (Wildman–Crippen LogP) is 8.29. The lowest BCUT2D eigenvalue weighted by molar-refractivity contribution is 0.0566. The van der Waals surface area contributed by atoms with Gasteiger partial charge in [0, 0.05) is 35.7 Å². The Labute approximate surface area is 214 Å². The zero-order chi connectivity index (χ0) is 25.6. The van der Waals surface area contributed by atoms with Crippen LogP contribution in [0.1, 0.15) is 57.9 Å². The lowest BCUT2D eigenvalue weighted by atomic mass is 10.0. The summed E-state index contributed by atoms with van der Waals surface area (Å²) in [6, 6.07) is 12.8. The number of halogens is 1. The van der Waals surface area contributed by atoms with Crippen molar-refractivity contribution in [3.8, 4) is 28.3 Å². The normalized spacial score (nSPS) is 12.1. The van der Waals surface area contributed by atoms with Crippen LogP contribution in [0.2, 0.25) is 0 Å². The third kappa shape index (κ3) is 8.72. The topological polar surface area (TPSA) is 44.2 Å². The van der Waals surface area contributed by atoms with E-state index < -0.39 is 0 Å². The maximum Gasteiger partial charge on any atom is 0.159 e. The Morgan fingerprint density at radius 2 is 1.78 bits per heavy atom. The Bertz CT molecular complexity index is 1090. The molecular weight excluding hydrogens is 451 g/mol. The van der Waals surface area contributed by atoms with E-state index in [2.05, 4.69) is 36.5 Å². The lowest BCUT2D eigenvalue weighted by Crippen LogP contribution is -2.08. The molecule has 3 aromatic rings. The van der Waals surface area contributed by atoms with Crippen molar-refractivity contribution in [2.75, 3.05) is 13.2 Å². The second kappa shape index (κ2) is 14.9. The summed E-state index contributed by atoms with van der Waals surface area (Å²) >= 11 is 0. The average Bonchev–Trinajstić information content (AvgIpc) is 2.90. The van der Waals surface area contributed by atoms with Crippen molar-refractivity contribution >= 4 is 6.08 Å². The van der Waals surface area contributed by atoms with E-state index in [0.29, 0.717) is 23.6 Å². The fraction of sp³-hybridized carbons (Fsp3) is 0.355. The van der Waals surface area contributed by atoms with E-state index in [1.54, 1.807) is 30.6 Å². The highest BCUT2D eigenvalue weighted by atomic mass is 19.1. The lowest BCUT2D eigenvalue weighted by Gasteiger charge is -2.12. The second-order valence-corrected chi connectivity index (χ2v) is 8.88. The molecule has 2 aromatic carbocycles. The monoisotopic (exact) mass is 488 g/mol. The van der Waals surface area contributed by atoms with Crippen LogP contribution in [0.4, 0.5) is 4.39 Å². The van der Waals surface area contributed by atoms with Gasteiger partial charge < -0.3 is 9.47 Å². The van der Waals surface area contributed by atoms with Gasteiger partial charge in [0.05, 0.1) is 6.10 Å². The highest BCUT2D eigenvalue weighted by Gasteiger charge is 2.08.